The lowest BCUT2D eigenvalue weighted by molar-refractivity contribution is -0.153. The van der Waals surface area contributed by atoms with Crippen LogP contribution in [-0.4, -0.2) is 59.0 Å². The molecule has 3 fully saturated rings. The number of hydrogen-bond donors (Lipinski definition) is 1. The van der Waals surface area contributed by atoms with Crippen LogP contribution in [0.4, 0.5) is 18.0 Å². The van der Waals surface area contributed by atoms with Gasteiger partial charge in [-0.15, -0.1) is 0 Å². The Labute approximate surface area is 131 Å². The maximum atomic E-state index is 12.6. The van der Waals surface area contributed by atoms with Crippen LogP contribution in [-0.2, 0) is 9.59 Å². The second-order valence-corrected chi connectivity index (χ2v) is 6.48. The molecule has 0 aromatic heterocycles. The van der Waals surface area contributed by atoms with Gasteiger partial charge in [0.25, 0.3) is 5.91 Å². The first-order chi connectivity index (χ1) is 10.7. The summed E-state index contributed by atoms with van der Waals surface area (Å²) >= 11 is 0. The molecule has 2 bridgehead atoms. The molecule has 6 nitrogen and oxygen atoms in total. The van der Waals surface area contributed by atoms with Crippen molar-refractivity contribution in [1.29, 1.82) is 0 Å². The Morgan fingerprint density at radius 1 is 1.17 bits per heavy atom. The number of piperidine rings is 1. The number of nitrogens with one attached hydrogen (secondary N) is 1. The van der Waals surface area contributed by atoms with Gasteiger partial charge in [-0.2, -0.15) is 13.2 Å². The van der Waals surface area contributed by atoms with Crippen molar-refractivity contribution in [2.75, 3.05) is 13.1 Å². The summed E-state index contributed by atoms with van der Waals surface area (Å²) in [4.78, 5) is 37.9. The Balaban J connectivity index is 1.63. The zero-order valence-corrected chi connectivity index (χ0v) is 12.4. The highest BCUT2D eigenvalue weighted by Crippen LogP contribution is 2.42. The van der Waals surface area contributed by atoms with Gasteiger partial charge >= 0.3 is 12.2 Å². The smallest absolute Gasteiger partial charge is 0.335 e. The molecule has 0 aromatic carbocycles. The number of hydrogen-bond acceptors (Lipinski definition) is 3. The molecule has 0 saturated carbocycles. The number of rotatable bonds is 3. The first-order valence-electron chi connectivity index (χ1n) is 7.70. The zero-order chi connectivity index (χ0) is 16.8. The minimum atomic E-state index is -4.18. The molecule has 9 heteroatoms. The predicted octanol–water partition coefficient (Wildman–Crippen LogP) is 1.26. The van der Waals surface area contributed by atoms with Crippen LogP contribution >= 0.6 is 0 Å². The maximum absolute atomic E-state index is 12.6. The Bertz CT molecular complexity index is 507. The molecule has 3 saturated heterocycles. The molecule has 4 amide bonds. The molecule has 2 atom stereocenters. The topological polar surface area (TPSA) is 69.7 Å². The van der Waals surface area contributed by atoms with Gasteiger partial charge in [-0.3, -0.25) is 14.5 Å². The molecule has 3 aliphatic heterocycles. The van der Waals surface area contributed by atoms with Crippen LogP contribution in [0.15, 0.2) is 0 Å². The van der Waals surface area contributed by atoms with Gasteiger partial charge in [0.2, 0.25) is 5.91 Å². The highest BCUT2D eigenvalue weighted by atomic mass is 19.4. The van der Waals surface area contributed by atoms with Crippen LogP contribution in [0.3, 0.4) is 0 Å². The molecule has 128 valence electrons. The Kier molecular flexibility index (Phi) is 3.97. The maximum Gasteiger partial charge on any atom is 0.389 e. The number of halogens is 3. The summed E-state index contributed by atoms with van der Waals surface area (Å²) in [5, 5.41) is 2.34. The van der Waals surface area contributed by atoms with Crippen molar-refractivity contribution in [3.63, 3.8) is 0 Å². The molecule has 3 aliphatic rings. The molecular weight excluding hydrogens is 315 g/mol. The van der Waals surface area contributed by atoms with Crippen molar-refractivity contribution >= 4 is 17.8 Å². The summed E-state index contributed by atoms with van der Waals surface area (Å²) in [6.45, 7) is -0.450. The molecular formula is C14H18F3N3O3. The Hall–Kier alpha value is -1.80. The highest BCUT2D eigenvalue weighted by molar-refractivity contribution is 6.04. The number of imide groups is 1. The SMILES string of the molecule is O=C1CNC(=O)N1CC(=O)N1C2CCC1CC(CC(F)(F)F)C2. The van der Waals surface area contributed by atoms with Crippen molar-refractivity contribution in [1.82, 2.24) is 15.1 Å². The lowest BCUT2D eigenvalue weighted by Gasteiger charge is -2.39. The van der Waals surface area contributed by atoms with Gasteiger partial charge < -0.3 is 10.2 Å². The van der Waals surface area contributed by atoms with Gasteiger partial charge in [0.05, 0.1) is 6.54 Å². The average molecular weight is 333 g/mol. The van der Waals surface area contributed by atoms with Crippen molar-refractivity contribution in [2.24, 2.45) is 5.92 Å². The molecule has 3 heterocycles. The zero-order valence-electron chi connectivity index (χ0n) is 12.4. The minimum absolute atomic E-state index is 0.118. The number of amides is 4. The van der Waals surface area contributed by atoms with Gasteiger partial charge in [-0.25, -0.2) is 4.79 Å². The molecule has 0 aliphatic carbocycles. The van der Waals surface area contributed by atoms with E-state index < -0.39 is 30.5 Å². The minimum Gasteiger partial charge on any atom is -0.335 e. The number of fused-ring (bicyclic) bond motifs is 2. The van der Waals surface area contributed by atoms with Gasteiger partial charge in [0.15, 0.2) is 0 Å². The monoisotopic (exact) mass is 333 g/mol. The largest absolute Gasteiger partial charge is 0.389 e. The number of alkyl halides is 3. The number of carbonyl (C=O) groups is 3. The van der Waals surface area contributed by atoms with Crippen LogP contribution in [0.25, 0.3) is 0 Å². The first-order valence-corrected chi connectivity index (χ1v) is 7.70. The Morgan fingerprint density at radius 3 is 2.26 bits per heavy atom. The van der Waals surface area contributed by atoms with Gasteiger partial charge in [-0.05, 0) is 31.6 Å². The normalized spacial score (nSPS) is 30.8. The molecule has 0 radical (unpaired) electrons. The number of urea groups is 1. The molecule has 2 unspecified atom stereocenters. The standard InChI is InChI=1S/C14H18F3N3O3/c15-14(16,17)5-8-3-9-1-2-10(4-8)20(9)12(22)7-19-11(21)6-18-13(19)23/h8-10H,1-7H2,(H,18,23). The van der Waals surface area contributed by atoms with Crippen LogP contribution in [0.1, 0.15) is 32.1 Å². The van der Waals surface area contributed by atoms with E-state index in [1.54, 1.807) is 4.90 Å². The summed E-state index contributed by atoms with van der Waals surface area (Å²) in [7, 11) is 0. The molecule has 0 aromatic rings. The van der Waals surface area contributed by atoms with Gasteiger partial charge in [-0.1, -0.05) is 0 Å². The van der Waals surface area contributed by atoms with E-state index >= 15 is 0 Å². The molecule has 0 spiro atoms. The van der Waals surface area contributed by atoms with E-state index in [-0.39, 0.29) is 31.1 Å². The van der Waals surface area contributed by atoms with Crippen LogP contribution in [0.5, 0.6) is 0 Å². The van der Waals surface area contributed by atoms with E-state index in [0.29, 0.717) is 25.7 Å². The van der Waals surface area contributed by atoms with Crippen molar-refractivity contribution in [3.8, 4) is 0 Å². The third-order valence-corrected chi connectivity index (χ3v) is 4.87. The van der Waals surface area contributed by atoms with Crippen LogP contribution in [0.2, 0.25) is 0 Å². The fourth-order valence-electron chi connectivity index (χ4n) is 4.02. The average Bonchev–Trinajstić information content (AvgIpc) is 2.88. The summed E-state index contributed by atoms with van der Waals surface area (Å²) in [5.74, 6) is -1.26. The van der Waals surface area contributed by atoms with E-state index in [0.717, 1.165) is 4.90 Å². The van der Waals surface area contributed by atoms with E-state index in [1.807, 2.05) is 0 Å². The van der Waals surface area contributed by atoms with Crippen molar-refractivity contribution in [2.45, 2.75) is 50.4 Å². The summed E-state index contributed by atoms with van der Waals surface area (Å²) in [6, 6.07) is -1.02. The Morgan fingerprint density at radius 2 is 1.78 bits per heavy atom. The third kappa shape index (κ3) is 3.28. The van der Waals surface area contributed by atoms with E-state index in [1.165, 1.54) is 0 Å². The summed E-state index contributed by atoms with van der Waals surface area (Å²) < 4.78 is 37.7. The number of nitrogens with zero attached hydrogens (tertiary/aromatic N) is 2. The molecule has 1 N–H and O–H groups in total. The highest BCUT2D eigenvalue weighted by Gasteiger charge is 2.46. The molecule has 3 rings (SSSR count). The second-order valence-electron chi connectivity index (χ2n) is 6.48. The predicted molar refractivity (Wildman–Crippen MR) is 72.2 cm³/mol. The van der Waals surface area contributed by atoms with Crippen molar-refractivity contribution in [3.05, 3.63) is 0 Å². The van der Waals surface area contributed by atoms with Gasteiger partial charge in [0, 0.05) is 18.5 Å². The first kappa shape index (κ1) is 16.1. The fourth-order valence-corrected chi connectivity index (χ4v) is 4.02. The van der Waals surface area contributed by atoms with Gasteiger partial charge in [0.1, 0.15) is 6.54 Å². The quantitative estimate of drug-likeness (QED) is 0.791. The van der Waals surface area contributed by atoms with Crippen LogP contribution < -0.4 is 5.32 Å². The van der Waals surface area contributed by atoms with E-state index in [4.69, 9.17) is 0 Å². The lowest BCUT2D eigenvalue weighted by atomic mass is 9.88. The van der Waals surface area contributed by atoms with E-state index in [2.05, 4.69) is 5.32 Å². The summed E-state index contributed by atoms with van der Waals surface area (Å²) in [5.41, 5.74) is 0. The number of carbonyl (C=O) groups excluding carboxylic acids is 3. The fraction of sp³-hybridized carbons (Fsp3) is 0.786. The second kappa shape index (κ2) is 5.68. The molecule has 23 heavy (non-hydrogen) atoms. The van der Waals surface area contributed by atoms with E-state index in [9.17, 15) is 27.6 Å². The summed E-state index contributed by atoms with van der Waals surface area (Å²) in [6.07, 6.45) is -2.95. The van der Waals surface area contributed by atoms with Crippen LogP contribution in [0, 0.1) is 5.92 Å². The third-order valence-electron chi connectivity index (χ3n) is 4.87. The lowest BCUT2D eigenvalue weighted by Crippen LogP contribution is -2.51. The van der Waals surface area contributed by atoms with Crippen molar-refractivity contribution < 1.29 is 27.6 Å².